The predicted octanol–water partition coefficient (Wildman–Crippen LogP) is 3.18. The highest BCUT2D eigenvalue weighted by molar-refractivity contribution is 5.79. The van der Waals surface area contributed by atoms with Crippen LogP contribution >= 0.6 is 0 Å². The van der Waals surface area contributed by atoms with Crippen molar-refractivity contribution in [1.29, 1.82) is 0 Å². The molecule has 0 fully saturated rings. The monoisotopic (exact) mass is 284 g/mol. The van der Waals surface area contributed by atoms with Gasteiger partial charge in [-0.25, -0.2) is 0 Å². The minimum absolute atomic E-state index is 0.233. The summed E-state index contributed by atoms with van der Waals surface area (Å²) in [6, 6.07) is 18.5. The van der Waals surface area contributed by atoms with Gasteiger partial charge in [-0.15, -0.1) is 0 Å². The fraction of sp³-hybridized carbons (Fsp3) is 0.235. The summed E-state index contributed by atoms with van der Waals surface area (Å²) in [5, 5.41) is 11.3. The van der Waals surface area contributed by atoms with Gasteiger partial charge in [-0.1, -0.05) is 47.6 Å². The van der Waals surface area contributed by atoms with Crippen molar-refractivity contribution in [2.45, 2.75) is 19.3 Å². The van der Waals surface area contributed by atoms with Gasteiger partial charge in [0.2, 0.25) is 0 Å². The summed E-state index contributed by atoms with van der Waals surface area (Å²) in [5.41, 5.74) is 7.94. The lowest BCUT2D eigenvalue weighted by Crippen LogP contribution is -2.12. The number of hydrogen-bond donors (Lipinski definition) is 2. The minimum Gasteiger partial charge on any atom is -0.494 e. The van der Waals surface area contributed by atoms with E-state index in [0.29, 0.717) is 13.0 Å². The Hall–Kier alpha value is -2.49. The van der Waals surface area contributed by atoms with E-state index in [1.807, 2.05) is 30.3 Å². The zero-order valence-corrected chi connectivity index (χ0v) is 11.9. The standard InChI is InChI=1S/C17H20N2O2/c18-17(19-20)7-4-12-21-16-10-8-15(9-11-16)13-14-5-2-1-3-6-14/h1-3,5-6,8-11,20H,4,7,12-13H2,(H2,18,19). The molecule has 3 N–H and O–H groups in total. The van der Waals surface area contributed by atoms with Crippen LogP contribution in [0.25, 0.3) is 0 Å². The third-order valence-electron chi connectivity index (χ3n) is 3.15. The maximum Gasteiger partial charge on any atom is 0.139 e. The van der Waals surface area contributed by atoms with Crippen molar-refractivity contribution in [3.63, 3.8) is 0 Å². The molecule has 4 nitrogen and oxygen atoms in total. The molecule has 21 heavy (non-hydrogen) atoms. The Kier molecular flexibility index (Phi) is 5.64. The molecular weight excluding hydrogens is 264 g/mol. The highest BCUT2D eigenvalue weighted by Gasteiger charge is 1.99. The summed E-state index contributed by atoms with van der Waals surface area (Å²) in [6.45, 7) is 0.550. The third kappa shape index (κ3) is 5.18. The molecule has 2 rings (SSSR count). The van der Waals surface area contributed by atoms with E-state index < -0.39 is 0 Å². The molecule has 0 atom stereocenters. The highest BCUT2D eigenvalue weighted by Crippen LogP contribution is 2.15. The molecule has 0 heterocycles. The summed E-state index contributed by atoms with van der Waals surface area (Å²) >= 11 is 0. The highest BCUT2D eigenvalue weighted by atomic mass is 16.5. The van der Waals surface area contributed by atoms with Gasteiger partial charge in [-0.3, -0.25) is 0 Å². The minimum atomic E-state index is 0.233. The van der Waals surface area contributed by atoms with E-state index in [1.54, 1.807) is 0 Å². The Morgan fingerprint density at radius 2 is 1.67 bits per heavy atom. The van der Waals surface area contributed by atoms with Gasteiger partial charge in [-0.2, -0.15) is 0 Å². The molecule has 0 saturated carbocycles. The van der Waals surface area contributed by atoms with Crippen LogP contribution in [-0.4, -0.2) is 17.6 Å². The predicted molar refractivity (Wildman–Crippen MR) is 83.8 cm³/mol. The van der Waals surface area contributed by atoms with Crippen LogP contribution in [0.2, 0.25) is 0 Å². The summed E-state index contributed by atoms with van der Waals surface area (Å²) in [5.74, 6) is 1.07. The van der Waals surface area contributed by atoms with E-state index in [4.69, 9.17) is 15.7 Å². The van der Waals surface area contributed by atoms with E-state index in [-0.39, 0.29) is 5.84 Å². The molecule has 0 spiro atoms. The molecule has 0 bridgehead atoms. The van der Waals surface area contributed by atoms with Crippen LogP contribution in [0.15, 0.2) is 59.8 Å². The van der Waals surface area contributed by atoms with Crippen molar-refractivity contribution in [1.82, 2.24) is 0 Å². The van der Waals surface area contributed by atoms with Gasteiger partial charge >= 0.3 is 0 Å². The SMILES string of the molecule is NC(CCCOc1ccc(Cc2ccccc2)cc1)=NO. The molecule has 0 saturated heterocycles. The summed E-state index contributed by atoms with van der Waals surface area (Å²) in [4.78, 5) is 0. The maximum atomic E-state index is 8.42. The lowest BCUT2D eigenvalue weighted by molar-refractivity contribution is 0.305. The molecule has 0 unspecified atom stereocenters. The van der Waals surface area contributed by atoms with E-state index in [1.165, 1.54) is 11.1 Å². The lowest BCUT2D eigenvalue weighted by Gasteiger charge is -2.07. The average Bonchev–Trinajstić information content (AvgIpc) is 2.54. The molecule has 0 amide bonds. The topological polar surface area (TPSA) is 67.8 Å². The molecule has 0 aliphatic rings. The van der Waals surface area contributed by atoms with Gasteiger partial charge in [0.05, 0.1) is 6.61 Å². The smallest absolute Gasteiger partial charge is 0.139 e. The van der Waals surface area contributed by atoms with Crippen molar-refractivity contribution in [3.05, 3.63) is 65.7 Å². The van der Waals surface area contributed by atoms with Gasteiger partial charge < -0.3 is 15.7 Å². The normalized spacial score (nSPS) is 11.3. The number of nitrogens with zero attached hydrogens (tertiary/aromatic N) is 1. The largest absolute Gasteiger partial charge is 0.494 e. The molecular formula is C17H20N2O2. The second kappa shape index (κ2) is 7.94. The number of amidine groups is 1. The first-order valence-corrected chi connectivity index (χ1v) is 7.00. The van der Waals surface area contributed by atoms with Crippen molar-refractivity contribution in [2.24, 2.45) is 10.9 Å². The van der Waals surface area contributed by atoms with Crippen LogP contribution in [-0.2, 0) is 6.42 Å². The van der Waals surface area contributed by atoms with Gasteiger partial charge in [0.15, 0.2) is 0 Å². The Bertz CT molecular complexity index is 565. The van der Waals surface area contributed by atoms with Gasteiger partial charge in [0.1, 0.15) is 11.6 Å². The second-order valence-electron chi connectivity index (χ2n) is 4.85. The van der Waals surface area contributed by atoms with Crippen molar-refractivity contribution in [2.75, 3.05) is 6.61 Å². The van der Waals surface area contributed by atoms with Crippen LogP contribution in [0, 0.1) is 0 Å². The third-order valence-corrected chi connectivity index (χ3v) is 3.15. The summed E-state index contributed by atoms with van der Waals surface area (Å²) < 4.78 is 5.61. The molecule has 2 aromatic carbocycles. The Morgan fingerprint density at radius 1 is 1.00 bits per heavy atom. The first kappa shape index (κ1) is 14.9. The Labute approximate surface area is 124 Å². The molecule has 0 aliphatic carbocycles. The van der Waals surface area contributed by atoms with E-state index in [9.17, 15) is 0 Å². The van der Waals surface area contributed by atoms with Crippen molar-refractivity contribution >= 4 is 5.84 Å². The zero-order valence-electron chi connectivity index (χ0n) is 11.9. The number of ether oxygens (including phenoxy) is 1. The van der Waals surface area contributed by atoms with Crippen LogP contribution in [0.4, 0.5) is 0 Å². The van der Waals surface area contributed by atoms with Crippen LogP contribution < -0.4 is 10.5 Å². The van der Waals surface area contributed by atoms with Crippen molar-refractivity contribution < 1.29 is 9.94 Å². The van der Waals surface area contributed by atoms with Crippen LogP contribution in [0.1, 0.15) is 24.0 Å². The average molecular weight is 284 g/mol. The number of rotatable bonds is 7. The number of nitrogens with two attached hydrogens (primary N) is 1. The van der Waals surface area contributed by atoms with Gasteiger partial charge in [0.25, 0.3) is 0 Å². The molecule has 4 heteroatoms. The number of benzene rings is 2. The fourth-order valence-corrected chi connectivity index (χ4v) is 2.03. The molecule has 110 valence electrons. The number of oxime groups is 1. The first-order valence-electron chi connectivity index (χ1n) is 7.00. The fourth-order valence-electron chi connectivity index (χ4n) is 2.03. The van der Waals surface area contributed by atoms with Gasteiger partial charge in [-0.05, 0) is 36.1 Å². The van der Waals surface area contributed by atoms with Crippen molar-refractivity contribution in [3.8, 4) is 5.75 Å². The Morgan fingerprint density at radius 3 is 2.33 bits per heavy atom. The molecule has 0 aliphatic heterocycles. The van der Waals surface area contributed by atoms with E-state index >= 15 is 0 Å². The van der Waals surface area contributed by atoms with E-state index in [2.05, 4.69) is 29.4 Å². The molecule has 0 aromatic heterocycles. The molecule has 2 aromatic rings. The molecule has 0 radical (unpaired) electrons. The van der Waals surface area contributed by atoms with Gasteiger partial charge in [0, 0.05) is 6.42 Å². The number of hydrogen-bond acceptors (Lipinski definition) is 3. The lowest BCUT2D eigenvalue weighted by atomic mass is 10.1. The van der Waals surface area contributed by atoms with E-state index in [0.717, 1.165) is 18.6 Å². The Balaban J connectivity index is 1.79. The second-order valence-corrected chi connectivity index (χ2v) is 4.85. The quantitative estimate of drug-likeness (QED) is 0.270. The first-order chi connectivity index (χ1) is 10.3. The van der Waals surface area contributed by atoms with Crippen LogP contribution in [0.5, 0.6) is 5.75 Å². The summed E-state index contributed by atoms with van der Waals surface area (Å²) in [7, 11) is 0. The maximum absolute atomic E-state index is 8.42. The zero-order chi connectivity index (χ0) is 14.9. The summed E-state index contributed by atoms with van der Waals surface area (Å²) in [6.07, 6.45) is 2.18. The van der Waals surface area contributed by atoms with Crippen LogP contribution in [0.3, 0.4) is 0 Å².